The zero-order valence-electron chi connectivity index (χ0n) is 14.9. The van der Waals surface area contributed by atoms with E-state index >= 15 is 0 Å². The standard InChI is InChI=1S/C18H25Cl2N3O2/c1-18(2,3)21-11-16(24)23-6-4-12(5-7-23)17(25)22-15-9-13(19)8-14(20)10-15/h8-10,12,21H,4-7,11H2,1-3H3,(H,22,25). The van der Waals surface area contributed by atoms with Crippen molar-refractivity contribution in [2.24, 2.45) is 5.92 Å². The average Bonchev–Trinajstić information content (AvgIpc) is 2.51. The zero-order valence-corrected chi connectivity index (χ0v) is 16.4. The first-order valence-electron chi connectivity index (χ1n) is 8.44. The maximum Gasteiger partial charge on any atom is 0.236 e. The molecule has 1 aromatic carbocycles. The fourth-order valence-electron chi connectivity index (χ4n) is 2.71. The van der Waals surface area contributed by atoms with Gasteiger partial charge in [-0.15, -0.1) is 0 Å². The molecule has 0 bridgehead atoms. The summed E-state index contributed by atoms with van der Waals surface area (Å²) in [5.41, 5.74) is 0.502. The Morgan fingerprint density at radius 3 is 2.20 bits per heavy atom. The summed E-state index contributed by atoms with van der Waals surface area (Å²) in [7, 11) is 0. The molecule has 0 saturated carbocycles. The molecule has 25 heavy (non-hydrogen) atoms. The lowest BCUT2D eigenvalue weighted by atomic mass is 9.95. The highest BCUT2D eigenvalue weighted by atomic mass is 35.5. The molecule has 0 aromatic heterocycles. The summed E-state index contributed by atoms with van der Waals surface area (Å²) in [6.45, 7) is 7.59. The van der Waals surface area contributed by atoms with Crippen LogP contribution in [0.25, 0.3) is 0 Å². The quantitative estimate of drug-likeness (QED) is 0.832. The monoisotopic (exact) mass is 385 g/mol. The minimum absolute atomic E-state index is 0.0572. The third kappa shape index (κ3) is 6.49. The van der Waals surface area contributed by atoms with Gasteiger partial charge in [-0.05, 0) is 51.8 Å². The number of rotatable bonds is 4. The van der Waals surface area contributed by atoms with Gasteiger partial charge in [0.25, 0.3) is 0 Å². The molecule has 2 N–H and O–H groups in total. The first kappa shape index (κ1) is 20.0. The summed E-state index contributed by atoms with van der Waals surface area (Å²) < 4.78 is 0. The molecule has 0 spiro atoms. The van der Waals surface area contributed by atoms with Crippen LogP contribution in [0.15, 0.2) is 18.2 Å². The van der Waals surface area contributed by atoms with E-state index in [0.717, 1.165) is 0 Å². The van der Waals surface area contributed by atoms with E-state index in [2.05, 4.69) is 10.6 Å². The van der Waals surface area contributed by atoms with Crippen LogP contribution in [-0.4, -0.2) is 41.9 Å². The Kier molecular flexibility index (Phi) is 6.72. The normalized spacial score (nSPS) is 16.0. The lowest BCUT2D eigenvalue weighted by Gasteiger charge is -2.32. The lowest BCUT2D eigenvalue weighted by molar-refractivity contribution is -0.133. The first-order valence-corrected chi connectivity index (χ1v) is 9.19. The van der Waals surface area contributed by atoms with E-state index < -0.39 is 0 Å². The number of anilines is 1. The van der Waals surface area contributed by atoms with Crippen molar-refractivity contribution >= 4 is 40.7 Å². The van der Waals surface area contributed by atoms with Gasteiger partial charge in [-0.1, -0.05) is 23.2 Å². The molecular formula is C18H25Cl2N3O2. The summed E-state index contributed by atoms with van der Waals surface area (Å²) in [4.78, 5) is 26.4. The van der Waals surface area contributed by atoms with Gasteiger partial charge in [0.1, 0.15) is 0 Å². The number of piperidine rings is 1. The summed E-state index contributed by atoms with van der Waals surface area (Å²) in [5, 5.41) is 7.02. The molecule has 1 saturated heterocycles. The Labute approximate surface area is 159 Å². The van der Waals surface area contributed by atoms with Crippen molar-refractivity contribution in [3.8, 4) is 0 Å². The Balaban J connectivity index is 1.83. The van der Waals surface area contributed by atoms with Crippen LogP contribution < -0.4 is 10.6 Å². The predicted molar refractivity (Wildman–Crippen MR) is 102 cm³/mol. The number of hydrogen-bond acceptors (Lipinski definition) is 3. The molecule has 2 rings (SSSR count). The molecule has 0 atom stereocenters. The SMILES string of the molecule is CC(C)(C)NCC(=O)N1CCC(C(=O)Nc2cc(Cl)cc(Cl)c2)CC1. The number of nitrogens with zero attached hydrogens (tertiary/aromatic N) is 1. The van der Waals surface area contributed by atoms with Gasteiger partial charge in [-0.2, -0.15) is 0 Å². The van der Waals surface area contributed by atoms with Gasteiger partial charge >= 0.3 is 0 Å². The highest BCUT2D eigenvalue weighted by Crippen LogP contribution is 2.24. The van der Waals surface area contributed by atoms with Gasteiger partial charge in [-0.3, -0.25) is 9.59 Å². The minimum atomic E-state index is -0.114. The molecule has 0 unspecified atom stereocenters. The van der Waals surface area contributed by atoms with Crippen LogP contribution in [0.4, 0.5) is 5.69 Å². The van der Waals surface area contributed by atoms with Crippen molar-refractivity contribution in [2.75, 3.05) is 25.0 Å². The Bertz CT molecular complexity index is 615. The topological polar surface area (TPSA) is 61.4 Å². The highest BCUT2D eigenvalue weighted by molar-refractivity contribution is 6.35. The van der Waals surface area contributed by atoms with Crippen LogP contribution in [0.2, 0.25) is 10.0 Å². The van der Waals surface area contributed by atoms with Crippen LogP contribution >= 0.6 is 23.2 Å². The summed E-state index contributed by atoms with van der Waals surface area (Å²) in [6.07, 6.45) is 1.31. The van der Waals surface area contributed by atoms with Crippen LogP contribution in [0.1, 0.15) is 33.6 Å². The second-order valence-corrected chi connectivity index (χ2v) is 8.28. The molecule has 1 aromatic rings. The molecule has 1 fully saturated rings. The van der Waals surface area contributed by atoms with Crippen molar-refractivity contribution in [3.63, 3.8) is 0 Å². The molecule has 5 nitrogen and oxygen atoms in total. The number of halogens is 2. The maximum absolute atomic E-state index is 12.4. The lowest BCUT2D eigenvalue weighted by Crippen LogP contribution is -2.48. The Morgan fingerprint density at radius 1 is 1.12 bits per heavy atom. The van der Waals surface area contributed by atoms with E-state index in [9.17, 15) is 9.59 Å². The van der Waals surface area contributed by atoms with Gasteiger partial charge in [0.05, 0.1) is 6.54 Å². The Hall–Kier alpha value is -1.30. The van der Waals surface area contributed by atoms with Gasteiger partial charge < -0.3 is 15.5 Å². The molecule has 2 amide bonds. The van der Waals surface area contributed by atoms with Crippen molar-refractivity contribution < 1.29 is 9.59 Å². The van der Waals surface area contributed by atoms with Gasteiger partial charge in [-0.25, -0.2) is 0 Å². The van der Waals surface area contributed by atoms with Crippen molar-refractivity contribution in [3.05, 3.63) is 28.2 Å². The van der Waals surface area contributed by atoms with E-state index in [1.807, 2.05) is 25.7 Å². The molecule has 1 aliphatic rings. The number of likely N-dealkylation sites (tertiary alicyclic amines) is 1. The third-order valence-corrected chi connectivity index (χ3v) is 4.55. The van der Waals surface area contributed by atoms with E-state index in [1.165, 1.54) is 0 Å². The first-order chi connectivity index (χ1) is 11.6. The van der Waals surface area contributed by atoms with E-state index in [4.69, 9.17) is 23.2 Å². The smallest absolute Gasteiger partial charge is 0.236 e. The van der Waals surface area contributed by atoms with Gasteiger partial charge in [0.15, 0.2) is 0 Å². The van der Waals surface area contributed by atoms with E-state index in [0.29, 0.717) is 48.2 Å². The molecule has 0 radical (unpaired) electrons. The second kappa shape index (κ2) is 8.39. The van der Waals surface area contributed by atoms with Crippen LogP contribution in [0, 0.1) is 5.92 Å². The number of carbonyl (C=O) groups excluding carboxylic acids is 2. The highest BCUT2D eigenvalue weighted by Gasteiger charge is 2.27. The van der Waals surface area contributed by atoms with E-state index in [1.54, 1.807) is 18.2 Å². The molecular weight excluding hydrogens is 361 g/mol. The second-order valence-electron chi connectivity index (χ2n) is 7.41. The number of amides is 2. The number of benzene rings is 1. The van der Waals surface area contributed by atoms with E-state index in [-0.39, 0.29) is 23.3 Å². The number of nitrogens with one attached hydrogen (secondary N) is 2. The predicted octanol–water partition coefficient (Wildman–Crippen LogP) is 3.56. The number of carbonyl (C=O) groups is 2. The van der Waals surface area contributed by atoms with Crippen molar-refractivity contribution in [2.45, 2.75) is 39.2 Å². The Morgan fingerprint density at radius 2 is 1.68 bits per heavy atom. The van der Waals surface area contributed by atoms with Crippen LogP contribution in [0.5, 0.6) is 0 Å². The summed E-state index contributed by atoms with van der Waals surface area (Å²) in [5.74, 6) is -0.0916. The fraction of sp³-hybridized carbons (Fsp3) is 0.556. The van der Waals surface area contributed by atoms with Crippen molar-refractivity contribution in [1.82, 2.24) is 10.2 Å². The fourth-order valence-corrected chi connectivity index (χ4v) is 3.24. The molecule has 138 valence electrons. The average molecular weight is 386 g/mol. The molecule has 1 heterocycles. The summed E-state index contributed by atoms with van der Waals surface area (Å²) >= 11 is 11.9. The van der Waals surface area contributed by atoms with Gasteiger partial charge in [0.2, 0.25) is 11.8 Å². The zero-order chi connectivity index (χ0) is 18.6. The number of hydrogen-bond donors (Lipinski definition) is 2. The minimum Gasteiger partial charge on any atom is -0.342 e. The van der Waals surface area contributed by atoms with Crippen LogP contribution in [-0.2, 0) is 9.59 Å². The third-order valence-electron chi connectivity index (χ3n) is 4.12. The largest absolute Gasteiger partial charge is 0.342 e. The van der Waals surface area contributed by atoms with Crippen molar-refractivity contribution in [1.29, 1.82) is 0 Å². The van der Waals surface area contributed by atoms with Crippen LogP contribution in [0.3, 0.4) is 0 Å². The summed E-state index contributed by atoms with van der Waals surface area (Å²) in [6, 6.07) is 4.96. The molecule has 1 aliphatic heterocycles. The molecule has 7 heteroatoms. The molecule has 0 aliphatic carbocycles. The maximum atomic E-state index is 12.4. The van der Waals surface area contributed by atoms with Gasteiger partial charge in [0, 0.05) is 40.3 Å².